The Kier molecular flexibility index (Phi) is 5.49. The minimum Gasteiger partial charge on any atom is -0.489 e. The summed E-state index contributed by atoms with van der Waals surface area (Å²) < 4.78 is 5.82. The average Bonchev–Trinajstić information content (AvgIpc) is 2.64. The number of ether oxygens (including phenoxy) is 1. The predicted molar refractivity (Wildman–Crippen MR) is 104 cm³/mol. The van der Waals surface area contributed by atoms with Crippen molar-refractivity contribution in [2.75, 3.05) is 10.6 Å². The molecule has 1 amide bonds. The minimum absolute atomic E-state index is 0.0719. The number of hydrogen-bond donors (Lipinski definition) is 2. The van der Waals surface area contributed by atoms with Gasteiger partial charge in [0.15, 0.2) is 0 Å². The fourth-order valence-electron chi connectivity index (χ4n) is 2.43. The Morgan fingerprint density at radius 1 is 0.962 bits per heavy atom. The number of pyridine rings is 1. The lowest BCUT2D eigenvalue weighted by Gasteiger charge is -2.15. The Labute approximate surface area is 153 Å². The van der Waals surface area contributed by atoms with Crippen molar-refractivity contribution in [1.29, 1.82) is 0 Å². The van der Waals surface area contributed by atoms with Crippen molar-refractivity contribution < 1.29 is 9.53 Å². The molecule has 0 unspecified atom stereocenters. The molecule has 0 saturated carbocycles. The maximum atomic E-state index is 12.4. The van der Waals surface area contributed by atoms with E-state index in [1.807, 2.05) is 74.5 Å². The molecular weight excluding hydrogens is 326 g/mol. The summed E-state index contributed by atoms with van der Waals surface area (Å²) >= 11 is 0. The summed E-state index contributed by atoms with van der Waals surface area (Å²) in [7, 11) is 0. The summed E-state index contributed by atoms with van der Waals surface area (Å²) in [4.78, 5) is 16.6. The van der Waals surface area contributed by atoms with Gasteiger partial charge in [0, 0.05) is 17.6 Å². The molecule has 5 nitrogen and oxygen atoms in total. The quantitative estimate of drug-likeness (QED) is 0.668. The van der Waals surface area contributed by atoms with Gasteiger partial charge in [-0.15, -0.1) is 0 Å². The van der Waals surface area contributed by atoms with Crippen LogP contribution in [0.25, 0.3) is 0 Å². The van der Waals surface area contributed by atoms with Gasteiger partial charge in [0.2, 0.25) is 0 Å². The van der Waals surface area contributed by atoms with E-state index in [2.05, 4.69) is 15.6 Å². The van der Waals surface area contributed by atoms with E-state index in [-0.39, 0.29) is 12.0 Å². The van der Waals surface area contributed by atoms with Gasteiger partial charge in [-0.2, -0.15) is 0 Å². The van der Waals surface area contributed by atoms with Crippen LogP contribution in [0.15, 0.2) is 72.9 Å². The fourth-order valence-corrected chi connectivity index (χ4v) is 2.43. The van der Waals surface area contributed by atoms with Crippen LogP contribution in [0.4, 0.5) is 17.1 Å². The van der Waals surface area contributed by atoms with Gasteiger partial charge in [0.25, 0.3) is 5.91 Å². The van der Waals surface area contributed by atoms with Gasteiger partial charge in [-0.05, 0) is 50.2 Å². The first kappa shape index (κ1) is 17.5. The standard InChI is InChI=1S/C21H21N3O2/c1-15(2)26-20-11-7-6-10-18(20)23-17-12-13-22-19(14-17)21(25)24-16-8-4-3-5-9-16/h3-15H,1-2H3,(H,22,23)(H,24,25). The van der Waals surface area contributed by atoms with E-state index in [0.29, 0.717) is 5.69 Å². The number of nitrogens with zero attached hydrogens (tertiary/aromatic N) is 1. The smallest absolute Gasteiger partial charge is 0.274 e. The third-order valence-electron chi connectivity index (χ3n) is 3.55. The van der Waals surface area contributed by atoms with Crippen LogP contribution >= 0.6 is 0 Å². The zero-order valence-electron chi connectivity index (χ0n) is 14.8. The maximum absolute atomic E-state index is 12.4. The summed E-state index contributed by atoms with van der Waals surface area (Å²) in [6, 6.07) is 20.5. The first-order valence-electron chi connectivity index (χ1n) is 8.47. The number of para-hydroxylation sites is 3. The second kappa shape index (κ2) is 8.16. The van der Waals surface area contributed by atoms with E-state index in [9.17, 15) is 4.79 Å². The Balaban J connectivity index is 1.77. The Morgan fingerprint density at radius 2 is 1.69 bits per heavy atom. The maximum Gasteiger partial charge on any atom is 0.274 e. The van der Waals surface area contributed by atoms with Gasteiger partial charge in [0.05, 0.1) is 11.8 Å². The molecule has 0 aliphatic rings. The molecule has 5 heteroatoms. The lowest BCUT2D eigenvalue weighted by Crippen LogP contribution is -2.13. The average molecular weight is 347 g/mol. The molecule has 0 fully saturated rings. The second-order valence-electron chi connectivity index (χ2n) is 6.04. The number of anilines is 3. The SMILES string of the molecule is CC(C)Oc1ccccc1Nc1ccnc(C(=O)Nc2ccccc2)c1. The Bertz CT molecular complexity index is 879. The molecule has 2 N–H and O–H groups in total. The Hall–Kier alpha value is -3.34. The number of rotatable bonds is 6. The van der Waals surface area contributed by atoms with Crippen LogP contribution in [0.3, 0.4) is 0 Å². The van der Waals surface area contributed by atoms with Crippen LogP contribution in [-0.2, 0) is 0 Å². The van der Waals surface area contributed by atoms with E-state index in [1.54, 1.807) is 12.3 Å². The lowest BCUT2D eigenvalue weighted by atomic mass is 10.2. The highest BCUT2D eigenvalue weighted by molar-refractivity contribution is 6.03. The molecule has 2 aromatic carbocycles. The van der Waals surface area contributed by atoms with Gasteiger partial charge < -0.3 is 15.4 Å². The predicted octanol–water partition coefficient (Wildman–Crippen LogP) is 4.86. The van der Waals surface area contributed by atoms with Gasteiger partial charge in [-0.25, -0.2) is 0 Å². The number of nitrogens with one attached hydrogen (secondary N) is 2. The van der Waals surface area contributed by atoms with Crippen LogP contribution in [0.1, 0.15) is 24.3 Å². The molecular formula is C21H21N3O2. The fraction of sp³-hybridized carbons (Fsp3) is 0.143. The van der Waals surface area contributed by atoms with E-state index in [0.717, 1.165) is 22.8 Å². The molecule has 0 saturated heterocycles. The van der Waals surface area contributed by atoms with Crippen molar-refractivity contribution in [3.8, 4) is 5.75 Å². The summed E-state index contributed by atoms with van der Waals surface area (Å²) in [5, 5.41) is 6.12. The number of amides is 1. The molecule has 0 bridgehead atoms. The third-order valence-corrected chi connectivity index (χ3v) is 3.55. The summed E-state index contributed by atoms with van der Waals surface area (Å²) in [6.45, 7) is 3.96. The first-order valence-corrected chi connectivity index (χ1v) is 8.47. The van der Waals surface area contributed by atoms with E-state index >= 15 is 0 Å². The van der Waals surface area contributed by atoms with Crippen LogP contribution in [0, 0.1) is 0 Å². The molecule has 3 rings (SSSR count). The molecule has 1 aromatic heterocycles. The minimum atomic E-state index is -0.258. The molecule has 0 radical (unpaired) electrons. The van der Waals surface area contributed by atoms with Gasteiger partial charge in [-0.1, -0.05) is 30.3 Å². The van der Waals surface area contributed by atoms with Crippen molar-refractivity contribution in [2.24, 2.45) is 0 Å². The van der Waals surface area contributed by atoms with Crippen molar-refractivity contribution >= 4 is 23.0 Å². The number of carbonyl (C=O) groups is 1. The summed E-state index contributed by atoms with van der Waals surface area (Å²) in [5.74, 6) is 0.501. The monoisotopic (exact) mass is 347 g/mol. The van der Waals surface area contributed by atoms with E-state index in [4.69, 9.17) is 4.74 Å². The first-order chi connectivity index (χ1) is 12.6. The topological polar surface area (TPSA) is 63.2 Å². The Morgan fingerprint density at radius 3 is 2.46 bits per heavy atom. The van der Waals surface area contributed by atoms with Crippen LogP contribution < -0.4 is 15.4 Å². The molecule has 0 spiro atoms. The van der Waals surface area contributed by atoms with Crippen molar-refractivity contribution in [3.63, 3.8) is 0 Å². The van der Waals surface area contributed by atoms with E-state index in [1.165, 1.54) is 0 Å². The molecule has 0 aliphatic heterocycles. The highest BCUT2D eigenvalue weighted by atomic mass is 16.5. The molecule has 0 aliphatic carbocycles. The highest BCUT2D eigenvalue weighted by Gasteiger charge is 2.10. The van der Waals surface area contributed by atoms with Gasteiger partial charge in [-0.3, -0.25) is 9.78 Å². The normalized spacial score (nSPS) is 10.4. The molecule has 0 atom stereocenters. The second-order valence-corrected chi connectivity index (χ2v) is 6.04. The van der Waals surface area contributed by atoms with Gasteiger partial charge >= 0.3 is 0 Å². The van der Waals surface area contributed by atoms with Crippen molar-refractivity contribution in [3.05, 3.63) is 78.6 Å². The molecule has 3 aromatic rings. The van der Waals surface area contributed by atoms with Crippen LogP contribution in [0.5, 0.6) is 5.75 Å². The number of carbonyl (C=O) groups excluding carboxylic acids is 1. The van der Waals surface area contributed by atoms with Crippen LogP contribution in [-0.4, -0.2) is 17.0 Å². The molecule has 132 valence electrons. The summed E-state index contributed by atoms with van der Waals surface area (Å²) in [5.41, 5.74) is 2.66. The number of hydrogen-bond acceptors (Lipinski definition) is 4. The van der Waals surface area contributed by atoms with Gasteiger partial charge in [0.1, 0.15) is 11.4 Å². The van der Waals surface area contributed by atoms with Crippen molar-refractivity contribution in [2.45, 2.75) is 20.0 Å². The number of aromatic nitrogens is 1. The highest BCUT2D eigenvalue weighted by Crippen LogP contribution is 2.28. The van der Waals surface area contributed by atoms with E-state index < -0.39 is 0 Å². The van der Waals surface area contributed by atoms with Crippen molar-refractivity contribution in [1.82, 2.24) is 4.98 Å². The largest absolute Gasteiger partial charge is 0.489 e. The number of benzene rings is 2. The summed E-state index contributed by atoms with van der Waals surface area (Å²) in [6.07, 6.45) is 1.68. The third kappa shape index (κ3) is 4.60. The van der Waals surface area contributed by atoms with Crippen LogP contribution in [0.2, 0.25) is 0 Å². The molecule has 1 heterocycles. The zero-order chi connectivity index (χ0) is 18.4. The zero-order valence-corrected chi connectivity index (χ0v) is 14.8. The molecule has 26 heavy (non-hydrogen) atoms. The lowest BCUT2D eigenvalue weighted by molar-refractivity contribution is 0.102.